The molecule has 2 saturated heterocycles. The van der Waals surface area contributed by atoms with Crippen molar-refractivity contribution in [2.24, 2.45) is 0 Å². The van der Waals surface area contributed by atoms with Crippen molar-refractivity contribution in [1.29, 1.82) is 0 Å². The third kappa shape index (κ3) is 3.63. The van der Waals surface area contributed by atoms with Gasteiger partial charge in [0.2, 0.25) is 11.8 Å². The summed E-state index contributed by atoms with van der Waals surface area (Å²) in [4.78, 5) is 10.9. The molecule has 2 fully saturated rings. The van der Waals surface area contributed by atoms with Gasteiger partial charge in [0.1, 0.15) is 11.7 Å². The van der Waals surface area contributed by atoms with Gasteiger partial charge in [0.05, 0.1) is 49.7 Å². The molecule has 0 amide bonds. The molecule has 0 aliphatic carbocycles. The zero-order valence-electron chi connectivity index (χ0n) is 18.6. The fourth-order valence-corrected chi connectivity index (χ4v) is 4.75. The summed E-state index contributed by atoms with van der Waals surface area (Å²) in [6.07, 6.45) is 2.54. The van der Waals surface area contributed by atoms with Gasteiger partial charge < -0.3 is 14.8 Å². The lowest BCUT2D eigenvalue weighted by molar-refractivity contribution is -0.0794. The van der Waals surface area contributed by atoms with E-state index in [2.05, 4.69) is 25.3 Å². The molecule has 5 heterocycles. The maximum atomic E-state index is 15.2. The number of aromatic nitrogens is 4. The molecule has 2 aliphatic heterocycles. The molecule has 0 radical (unpaired) electrons. The number of ether oxygens (including phenoxy) is 2. The Morgan fingerprint density at radius 3 is 2.88 bits per heavy atom. The van der Waals surface area contributed by atoms with E-state index in [-0.39, 0.29) is 11.8 Å². The largest absolute Gasteiger partial charge is 0.479 e. The summed E-state index contributed by atoms with van der Waals surface area (Å²) in [7, 11) is 1.47. The number of pyridine rings is 1. The highest BCUT2D eigenvalue weighted by Gasteiger charge is 2.35. The van der Waals surface area contributed by atoms with Crippen molar-refractivity contribution in [3.63, 3.8) is 0 Å². The van der Waals surface area contributed by atoms with Crippen LogP contribution < -0.4 is 10.1 Å². The van der Waals surface area contributed by atoms with Crippen LogP contribution in [0.3, 0.4) is 0 Å². The lowest BCUT2D eigenvalue weighted by Gasteiger charge is -2.42. The van der Waals surface area contributed by atoms with Crippen LogP contribution in [0.1, 0.15) is 6.42 Å². The van der Waals surface area contributed by atoms with Gasteiger partial charge in [-0.25, -0.2) is 13.3 Å². The molecule has 0 spiro atoms. The first-order chi connectivity index (χ1) is 16.6. The number of alkyl halides is 1. The van der Waals surface area contributed by atoms with Crippen molar-refractivity contribution >= 4 is 22.4 Å². The molecule has 3 aromatic heterocycles. The smallest absolute Gasteiger partial charge is 0.244 e. The van der Waals surface area contributed by atoms with Crippen LogP contribution in [-0.4, -0.2) is 76.2 Å². The highest BCUT2D eigenvalue weighted by atomic mass is 19.1. The maximum absolute atomic E-state index is 15.2. The van der Waals surface area contributed by atoms with Gasteiger partial charge in [0.15, 0.2) is 5.82 Å². The quantitative estimate of drug-likeness (QED) is 0.484. The minimum atomic E-state index is -1.08. The molecule has 34 heavy (non-hydrogen) atoms. The maximum Gasteiger partial charge on any atom is 0.244 e. The van der Waals surface area contributed by atoms with E-state index >= 15 is 4.39 Å². The summed E-state index contributed by atoms with van der Waals surface area (Å²) in [6, 6.07) is 9.17. The summed E-state index contributed by atoms with van der Waals surface area (Å²) in [5.41, 5.74) is 2.24. The second-order valence-corrected chi connectivity index (χ2v) is 8.74. The van der Waals surface area contributed by atoms with E-state index in [9.17, 15) is 4.39 Å². The fraction of sp³-hybridized carbons (Fsp3) is 0.375. The summed E-state index contributed by atoms with van der Waals surface area (Å²) in [5.74, 6) is -0.0452. The van der Waals surface area contributed by atoms with Gasteiger partial charge in [0.25, 0.3) is 0 Å². The number of halogens is 2. The van der Waals surface area contributed by atoms with E-state index < -0.39 is 18.0 Å². The van der Waals surface area contributed by atoms with E-state index in [0.29, 0.717) is 48.9 Å². The molecule has 2 atom stereocenters. The number of rotatable bonds is 5. The van der Waals surface area contributed by atoms with E-state index in [4.69, 9.17) is 9.47 Å². The number of anilines is 1. The van der Waals surface area contributed by atoms with Gasteiger partial charge in [-0.15, -0.1) is 5.10 Å². The van der Waals surface area contributed by atoms with Crippen LogP contribution in [0.4, 0.5) is 14.7 Å². The van der Waals surface area contributed by atoms with Crippen LogP contribution in [0.15, 0.2) is 42.7 Å². The van der Waals surface area contributed by atoms with E-state index in [1.807, 2.05) is 30.3 Å². The minimum absolute atomic E-state index is 0.196. The first-order valence-corrected chi connectivity index (χ1v) is 11.3. The summed E-state index contributed by atoms with van der Waals surface area (Å²) < 4.78 is 42.2. The van der Waals surface area contributed by atoms with Gasteiger partial charge in [0, 0.05) is 24.7 Å². The number of hydrogen-bond donors (Lipinski definition) is 1. The summed E-state index contributed by atoms with van der Waals surface area (Å²) >= 11 is 0. The molecular formula is C24H24F2N6O2. The number of piperidine rings is 1. The van der Waals surface area contributed by atoms with Gasteiger partial charge in [-0.3, -0.25) is 9.88 Å². The fourth-order valence-electron chi connectivity index (χ4n) is 4.75. The van der Waals surface area contributed by atoms with Gasteiger partial charge in [-0.05, 0) is 30.2 Å². The Labute approximate surface area is 194 Å². The monoisotopic (exact) mass is 466 g/mol. The SMILES string of the molecule is COc1nc(N[C@H]2CCN(C3COC3)C[C@H]2F)nn2cc(F)c(-c3ccc4ncccc4c3)c12. The Balaban J connectivity index is 1.32. The summed E-state index contributed by atoms with van der Waals surface area (Å²) in [6.45, 7) is 2.43. The molecular weight excluding hydrogens is 442 g/mol. The molecule has 0 unspecified atom stereocenters. The average Bonchev–Trinajstić information content (AvgIpc) is 3.14. The Kier molecular flexibility index (Phi) is 5.26. The number of likely N-dealkylation sites (tertiary alicyclic amines) is 1. The average molecular weight is 466 g/mol. The molecule has 176 valence electrons. The standard InChI is InChI=1S/C24H24F2N6O2/c1-33-23-22-21(15-4-5-19-14(9-15)3-2-7-27-19)18(26)11-32(22)30-24(29-23)28-20-6-8-31(10-17(20)25)16-12-34-13-16/h2-5,7,9,11,16-17,20H,6,8,10,12-13H2,1H3,(H,28,30)/t17-,20+/m1/s1. The minimum Gasteiger partial charge on any atom is -0.479 e. The first-order valence-electron chi connectivity index (χ1n) is 11.3. The van der Waals surface area contributed by atoms with Crippen molar-refractivity contribution in [1.82, 2.24) is 24.5 Å². The number of nitrogens with one attached hydrogen (secondary N) is 1. The van der Waals surface area contributed by atoms with Crippen molar-refractivity contribution in [3.8, 4) is 17.0 Å². The van der Waals surface area contributed by atoms with Crippen LogP contribution in [0.5, 0.6) is 5.88 Å². The lowest BCUT2D eigenvalue weighted by atomic mass is 10.0. The van der Waals surface area contributed by atoms with Crippen molar-refractivity contribution in [3.05, 3.63) is 48.5 Å². The highest BCUT2D eigenvalue weighted by molar-refractivity contribution is 5.91. The molecule has 6 rings (SSSR count). The van der Waals surface area contributed by atoms with Crippen LogP contribution >= 0.6 is 0 Å². The van der Waals surface area contributed by atoms with Gasteiger partial charge in [-0.2, -0.15) is 4.98 Å². The van der Waals surface area contributed by atoms with Crippen LogP contribution in [0.2, 0.25) is 0 Å². The normalized spacial score (nSPS) is 21.6. The number of nitrogens with zero attached hydrogens (tertiary/aromatic N) is 5. The Morgan fingerprint density at radius 2 is 2.12 bits per heavy atom. The number of benzene rings is 1. The Hall–Kier alpha value is -3.37. The molecule has 2 aliphatic rings. The van der Waals surface area contributed by atoms with Gasteiger partial charge in [-0.1, -0.05) is 12.1 Å². The molecule has 1 N–H and O–H groups in total. The van der Waals surface area contributed by atoms with E-state index in [1.165, 1.54) is 17.8 Å². The van der Waals surface area contributed by atoms with Crippen LogP contribution in [0.25, 0.3) is 27.5 Å². The summed E-state index contributed by atoms with van der Waals surface area (Å²) in [5, 5.41) is 8.42. The van der Waals surface area contributed by atoms with E-state index in [0.717, 1.165) is 17.4 Å². The zero-order valence-corrected chi connectivity index (χ0v) is 18.6. The topological polar surface area (TPSA) is 76.8 Å². The molecule has 1 aromatic carbocycles. The first kappa shape index (κ1) is 21.2. The van der Waals surface area contributed by atoms with Crippen LogP contribution in [0, 0.1) is 5.82 Å². The van der Waals surface area contributed by atoms with E-state index in [1.54, 1.807) is 6.20 Å². The highest BCUT2D eigenvalue weighted by Crippen LogP contribution is 2.35. The molecule has 0 bridgehead atoms. The van der Waals surface area contributed by atoms with Gasteiger partial charge >= 0.3 is 0 Å². The molecule has 0 saturated carbocycles. The number of hydrogen-bond acceptors (Lipinski definition) is 7. The third-order valence-electron chi connectivity index (χ3n) is 6.66. The second-order valence-electron chi connectivity index (χ2n) is 8.74. The zero-order chi connectivity index (χ0) is 23.2. The molecule has 4 aromatic rings. The third-order valence-corrected chi connectivity index (χ3v) is 6.66. The Morgan fingerprint density at radius 1 is 1.24 bits per heavy atom. The number of fused-ring (bicyclic) bond motifs is 2. The van der Waals surface area contributed by atoms with Crippen LogP contribution in [-0.2, 0) is 4.74 Å². The molecule has 10 heteroatoms. The van der Waals surface area contributed by atoms with Crippen molar-refractivity contribution in [2.75, 3.05) is 38.7 Å². The van der Waals surface area contributed by atoms with Crippen molar-refractivity contribution in [2.45, 2.75) is 24.7 Å². The predicted molar refractivity (Wildman–Crippen MR) is 123 cm³/mol. The van der Waals surface area contributed by atoms with Crippen molar-refractivity contribution < 1.29 is 18.3 Å². The second kappa shape index (κ2) is 8.44. The number of methoxy groups -OCH3 is 1. The Bertz CT molecular complexity index is 1360. The lowest BCUT2D eigenvalue weighted by Crippen LogP contribution is -2.57. The predicted octanol–water partition coefficient (Wildman–Crippen LogP) is 3.32. The molecule has 8 nitrogen and oxygen atoms in total.